The third-order valence-electron chi connectivity index (χ3n) is 3.24. The summed E-state index contributed by atoms with van der Waals surface area (Å²) in [6, 6.07) is 11.8. The molecule has 3 heteroatoms. The summed E-state index contributed by atoms with van der Waals surface area (Å²) in [5.74, 6) is -0.0774. The van der Waals surface area contributed by atoms with Crippen molar-refractivity contribution >= 4 is 17.4 Å². The van der Waals surface area contributed by atoms with Gasteiger partial charge in [0.2, 0.25) is 0 Å². The fraction of sp³-hybridized carbons (Fsp3) is 0.235. The van der Waals surface area contributed by atoms with Crippen LogP contribution >= 0.6 is 11.6 Å². The number of ketones is 1. The molecule has 0 heterocycles. The van der Waals surface area contributed by atoms with E-state index in [2.05, 4.69) is 13.8 Å². The summed E-state index contributed by atoms with van der Waals surface area (Å²) < 4.78 is 13.0. The van der Waals surface area contributed by atoms with Gasteiger partial charge in [-0.25, -0.2) is 4.39 Å². The molecule has 0 amide bonds. The van der Waals surface area contributed by atoms with Gasteiger partial charge in [0.05, 0.1) is 5.02 Å². The van der Waals surface area contributed by atoms with Gasteiger partial charge in [0.1, 0.15) is 5.82 Å². The fourth-order valence-electron chi connectivity index (χ4n) is 2.02. The average Bonchev–Trinajstić information content (AvgIpc) is 2.39. The van der Waals surface area contributed by atoms with Crippen LogP contribution in [0.25, 0.3) is 0 Å². The maximum atomic E-state index is 13.0. The predicted octanol–water partition coefficient (Wildman–Crippen LogP) is 5.03. The van der Waals surface area contributed by atoms with Gasteiger partial charge in [-0.15, -0.1) is 0 Å². The Balaban J connectivity index is 2.15. The van der Waals surface area contributed by atoms with Gasteiger partial charge in [-0.05, 0) is 35.2 Å². The van der Waals surface area contributed by atoms with Crippen molar-refractivity contribution in [1.82, 2.24) is 0 Å². The zero-order valence-corrected chi connectivity index (χ0v) is 12.2. The van der Waals surface area contributed by atoms with Gasteiger partial charge < -0.3 is 0 Å². The lowest BCUT2D eigenvalue weighted by molar-refractivity contribution is 0.0993. The molecule has 0 aliphatic heterocycles. The number of hydrogen-bond acceptors (Lipinski definition) is 1. The molecule has 1 nitrogen and oxygen atoms in total. The molecule has 20 heavy (non-hydrogen) atoms. The lowest BCUT2D eigenvalue weighted by Gasteiger charge is -2.07. The Morgan fingerprint density at radius 3 is 2.35 bits per heavy atom. The van der Waals surface area contributed by atoms with Crippen LogP contribution in [-0.2, 0) is 6.42 Å². The minimum absolute atomic E-state index is 0.104. The van der Waals surface area contributed by atoms with Crippen LogP contribution in [0.5, 0.6) is 0 Å². The quantitative estimate of drug-likeness (QED) is 0.722. The molecule has 104 valence electrons. The summed E-state index contributed by atoms with van der Waals surface area (Å²) in [4.78, 5) is 12.2. The van der Waals surface area contributed by atoms with Crippen LogP contribution in [0, 0.1) is 5.82 Å². The van der Waals surface area contributed by atoms with E-state index in [1.807, 2.05) is 24.3 Å². The number of benzene rings is 2. The summed E-state index contributed by atoms with van der Waals surface area (Å²) in [5.41, 5.74) is 2.53. The molecule has 0 atom stereocenters. The monoisotopic (exact) mass is 290 g/mol. The number of Topliss-reactive ketones (excluding diaryl/α,β-unsaturated/α-hetero) is 1. The van der Waals surface area contributed by atoms with E-state index in [4.69, 9.17) is 11.6 Å². The van der Waals surface area contributed by atoms with Gasteiger partial charge in [0.25, 0.3) is 0 Å². The first kappa shape index (κ1) is 14.7. The minimum Gasteiger partial charge on any atom is -0.294 e. The molecule has 2 rings (SSSR count). The molecule has 0 spiro atoms. The molecule has 0 saturated carbocycles. The van der Waals surface area contributed by atoms with Crippen molar-refractivity contribution in [3.05, 3.63) is 70.0 Å². The maximum Gasteiger partial charge on any atom is 0.168 e. The van der Waals surface area contributed by atoms with Crippen molar-refractivity contribution in [2.45, 2.75) is 26.2 Å². The van der Waals surface area contributed by atoms with E-state index in [9.17, 15) is 9.18 Å². The lowest BCUT2D eigenvalue weighted by atomic mass is 9.98. The first-order chi connectivity index (χ1) is 9.47. The van der Waals surface area contributed by atoms with Crippen molar-refractivity contribution in [3.8, 4) is 0 Å². The van der Waals surface area contributed by atoms with Crippen LogP contribution in [0.1, 0.15) is 41.3 Å². The van der Waals surface area contributed by atoms with Crippen molar-refractivity contribution in [3.63, 3.8) is 0 Å². The Morgan fingerprint density at radius 2 is 1.80 bits per heavy atom. The third kappa shape index (κ3) is 3.45. The largest absolute Gasteiger partial charge is 0.294 e. The Labute approximate surface area is 123 Å². The molecule has 0 aliphatic carbocycles. The van der Waals surface area contributed by atoms with Crippen LogP contribution in [0.4, 0.5) is 4.39 Å². The number of carbonyl (C=O) groups is 1. The summed E-state index contributed by atoms with van der Waals surface area (Å²) in [6.45, 7) is 4.25. The molecule has 0 bridgehead atoms. The van der Waals surface area contributed by atoms with E-state index in [0.717, 1.165) is 11.6 Å². The van der Waals surface area contributed by atoms with Crippen molar-refractivity contribution in [2.75, 3.05) is 0 Å². The SMILES string of the molecule is CC(C)c1ccc(CC(=O)c2ccc(F)cc2Cl)cc1. The van der Waals surface area contributed by atoms with Gasteiger partial charge in [-0.1, -0.05) is 49.7 Å². The van der Waals surface area contributed by atoms with Crippen LogP contribution in [0.2, 0.25) is 5.02 Å². The Hall–Kier alpha value is -1.67. The summed E-state index contributed by atoms with van der Waals surface area (Å²) in [7, 11) is 0. The molecular formula is C17H16ClFO. The van der Waals surface area contributed by atoms with E-state index < -0.39 is 5.82 Å². The molecule has 0 fully saturated rings. The fourth-order valence-corrected chi connectivity index (χ4v) is 2.29. The first-order valence-corrected chi connectivity index (χ1v) is 6.92. The number of rotatable bonds is 4. The van der Waals surface area contributed by atoms with E-state index >= 15 is 0 Å². The second-order valence-corrected chi connectivity index (χ2v) is 5.53. The van der Waals surface area contributed by atoms with Crippen LogP contribution < -0.4 is 0 Å². The standard InChI is InChI=1S/C17H16ClFO/c1-11(2)13-5-3-12(4-6-13)9-17(20)15-8-7-14(19)10-16(15)18/h3-8,10-11H,9H2,1-2H3. The predicted molar refractivity (Wildman–Crippen MR) is 80.0 cm³/mol. The molecule has 0 saturated heterocycles. The minimum atomic E-state index is -0.437. The normalized spacial score (nSPS) is 10.8. The highest BCUT2D eigenvalue weighted by molar-refractivity contribution is 6.34. The van der Waals surface area contributed by atoms with E-state index in [1.54, 1.807) is 0 Å². The molecule has 0 radical (unpaired) electrons. The maximum absolute atomic E-state index is 13.0. The number of hydrogen-bond donors (Lipinski definition) is 0. The molecule has 0 unspecified atom stereocenters. The average molecular weight is 291 g/mol. The van der Waals surface area contributed by atoms with E-state index in [0.29, 0.717) is 11.5 Å². The Kier molecular flexibility index (Phi) is 4.56. The lowest BCUT2D eigenvalue weighted by Crippen LogP contribution is -2.04. The van der Waals surface area contributed by atoms with Crippen molar-refractivity contribution in [1.29, 1.82) is 0 Å². The second kappa shape index (κ2) is 6.19. The summed E-state index contributed by atoms with van der Waals surface area (Å²) >= 11 is 5.90. The smallest absolute Gasteiger partial charge is 0.168 e. The highest BCUT2D eigenvalue weighted by Crippen LogP contribution is 2.20. The molecule has 0 N–H and O–H groups in total. The topological polar surface area (TPSA) is 17.1 Å². The van der Waals surface area contributed by atoms with Gasteiger partial charge in [0, 0.05) is 12.0 Å². The number of halogens is 2. The van der Waals surface area contributed by atoms with Gasteiger partial charge in [-0.3, -0.25) is 4.79 Å². The van der Waals surface area contributed by atoms with Crippen molar-refractivity contribution in [2.24, 2.45) is 0 Å². The highest BCUT2D eigenvalue weighted by atomic mass is 35.5. The van der Waals surface area contributed by atoms with Crippen LogP contribution in [-0.4, -0.2) is 5.78 Å². The van der Waals surface area contributed by atoms with Crippen LogP contribution in [0.3, 0.4) is 0 Å². The van der Waals surface area contributed by atoms with E-state index in [-0.39, 0.29) is 17.2 Å². The zero-order valence-electron chi connectivity index (χ0n) is 11.5. The summed E-state index contributed by atoms with van der Waals surface area (Å²) in [5, 5.41) is 0.161. The third-order valence-corrected chi connectivity index (χ3v) is 3.56. The van der Waals surface area contributed by atoms with Crippen molar-refractivity contribution < 1.29 is 9.18 Å². The zero-order chi connectivity index (χ0) is 14.7. The second-order valence-electron chi connectivity index (χ2n) is 5.12. The van der Waals surface area contributed by atoms with Crippen LogP contribution in [0.15, 0.2) is 42.5 Å². The molecule has 2 aromatic rings. The molecule has 0 aliphatic rings. The Morgan fingerprint density at radius 1 is 1.15 bits per heavy atom. The molecule has 2 aromatic carbocycles. The summed E-state index contributed by atoms with van der Waals surface area (Å²) in [6.07, 6.45) is 0.268. The number of carbonyl (C=O) groups excluding carboxylic acids is 1. The first-order valence-electron chi connectivity index (χ1n) is 6.54. The van der Waals surface area contributed by atoms with Gasteiger partial charge >= 0.3 is 0 Å². The Bertz CT molecular complexity index is 617. The van der Waals surface area contributed by atoms with Gasteiger partial charge in [0.15, 0.2) is 5.78 Å². The van der Waals surface area contributed by atoms with Gasteiger partial charge in [-0.2, -0.15) is 0 Å². The molecule has 0 aromatic heterocycles. The molecular weight excluding hydrogens is 275 g/mol. The van der Waals surface area contributed by atoms with E-state index in [1.165, 1.54) is 17.7 Å². The highest BCUT2D eigenvalue weighted by Gasteiger charge is 2.12.